The first kappa shape index (κ1) is 14.2. The molecule has 0 spiro atoms. The predicted molar refractivity (Wildman–Crippen MR) is 68.2 cm³/mol. The number of esters is 1. The molecular weight excluding hydrogens is 256 g/mol. The number of allylic oxidation sites excluding steroid dienone is 1. The zero-order chi connectivity index (χ0) is 13.5. The first-order chi connectivity index (χ1) is 8.52. The molecule has 6 heteroatoms. The van der Waals surface area contributed by atoms with E-state index in [1.54, 1.807) is 19.1 Å². The topological polar surface area (TPSA) is 68.3 Å². The molecule has 18 heavy (non-hydrogen) atoms. The minimum atomic E-state index is -0.897. The van der Waals surface area contributed by atoms with E-state index in [2.05, 4.69) is 10.3 Å². The van der Waals surface area contributed by atoms with E-state index in [-0.39, 0.29) is 0 Å². The number of rotatable bonds is 4. The fourth-order valence-corrected chi connectivity index (χ4v) is 1.19. The SMILES string of the molecule is C/C=C/C(=O)O[C@H](C)C(=O)Nc1ccc(Cl)cn1. The molecule has 1 aromatic rings. The van der Waals surface area contributed by atoms with E-state index in [9.17, 15) is 9.59 Å². The average Bonchev–Trinajstić information content (AvgIpc) is 2.32. The quantitative estimate of drug-likeness (QED) is 0.671. The Kier molecular flexibility index (Phi) is 5.32. The molecule has 0 aromatic carbocycles. The van der Waals surface area contributed by atoms with Crippen LogP contribution >= 0.6 is 11.6 Å². The minimum absolute atomic E-state index is 0.346. The lowest BCUT2D eigenvalue weighted by molar-refractivity contribution is -0.148. The molecule has 0 aliphatic rings. The van der Waals surface area contributed by atoms with Crippen LogP contribution in [0.25, 0.3) is 0 Å². The highest BCUT2D eigenvalue weighted by Crippen LogP contribution is 2.10. The van der Waals surface area contributed by atoms with Gasteiger partial charge in [0.25, 0.3) is 5.91 Å². The molecule has 0 saturated carbocycles. The van der Waals surface area contributed by atoms with Crippen molar-refractivity contribution in [1.82, 2.24) is 4.98 Å². The number of carbonyl (C=O) groups is 2. The highest BCUT2D eigenvalue weighted by Gasteiger charge is 2.16. The van der Waals surface area contributed by atoms with E-state index >= 15 is 0 Å². The number of amides is 1. The van der Waals surface area contributed by atoms with Crippen LogP contribution in [0.2, 0.25) is 5.02 Å². The summed E-state index contributed by atoms with van der Waals surface area (Å²) < 4.78 is 4.86. The van der Waals surface area contributed by atoms with Crippen molar-refractivity contribution >= 4 is 29.3 Å². The maximum atomic E-state index is 11.7. The van der Waals surface area contributed by atoms with E-state index in [0.717, 1.165) is 0 Å². The Morgan fingerprint density at radius 2 is 2.22 bits per heavy atom. The van der Waals surface area contributed by atoms with Crippen LogP contribution in [0, 0.1) is 0 Å². The molecule has 1 N–H and O–H groups in total. The lowest BCUT2D eigenvalue weighted by Gasteiger charge is -2.11. The number of anilines is 1. The molecule has 96 valence electrons. The van der Waals surface area contributed by atoms with Crippen molar-refractivity contribution in [3.05, 3.63) is 35.5 Å². The van der Waals surface area contributed by atoms with Gasteiger partial charge in [0, 0.05) is 12.3 Å². The van der Waals surface area contributed by atoms with Gasteiger partial charge in [-0.05, 0) is 26.0 Å². The normalized spacial score (nSPS) is 12.2. The second-order valence-corrected chi connectivity index (χ2v) is 3.87. The minimum Gasteiger partial charge on any atom is -0.449 e. The largest absolute Gasteiger partial charge is 0.449 e. The molecule has 1 rings (SSSR count). The molecule has 1 aromatic heterocycles. The van der Waals surface area contributed by atoms with E-state index in [1.165, 1.54) is 25.3 Å². The van der Waals surface area contributed by atoms with Gasteiger partial charge in [-0.2, -0.15) is 0 Å². The first-order valence-electron chi connectivity index (χ1n) is 5.28. The van der Waals surface area contributed by atoms with Gasteiger partial charge < -0.3 is 10.1 Å². The highest BCUT2D eigenvalue weighted by molar-refractivity contribution is 6.30. The number of hydrogen-bond acceptors (Lipinski definition) is 4. The van der Waals surface area contributed by atoms with Crippen LogP contribution in [0.5, 0.6) is 0 Å². The standard InChI is InChI=1S/C12H13ClN2O3/c1-3-4-11(16)18-8(2)12(17)15-10-6-5-9(13)7-14-10/h3-8H,1-2H3,(H,14,15,17)/b4-3+/t8-/m1/s1. The third kappa shape index (κ3) is 4.55. The number of nitrogens with one attached hydrogen (secondary N) is 1. The Balaban J connectivity index is 2.54. The fourth-order valence-electron chi connectivity index (χ4n) is 1.08. The number of nitrogens with zero attached hydrogens (tertiary/aromatic N) is 1. The van der Waals surface area contributed by atoms with Gasteiger partial charge in [-0.15, -0.1) is 0 Å². The van der Waals surface area contributed by atoms with E-state index < -0.39 is 18.0 Å². The van der Waals surface area contributed by atoms with Gasteiger partial charge in [0.05, 0.1) is 5.02 Å². The van der Waals surface area contributed by atoms with E-state index in [0.29, 0.717) is 10.8 Å². The van der Waals surface area contributed by atoms with Crippen LogP contribution in [-0.2, 0) is 14.3 Å². The average molecular weight is 269 g/mol. The van der Waals surface area contributed by atoms with Crippen molar-refractivity contribution in [2.75, 3.05) is 5.32 Å². The summed E-state index contributed by atoms with van der Waals surface area (Å²) in [6, 6.07) is 3.15. The van der Waals surface area contributed by atoms with Crippen molar-refractivity contribution in [1.29, 1.82) is 0 Å². The fraction of sp³-hybridized carbons (Fsp3) is 0.250. The maximum absolute atomic E-state index is 11.7. The molecule has 0 aliphatic heterocycles. The Morgan fingerprint density at radius 3 is 2.78 bits per heavy atom. The zero-order valence-corrected chi connectivity index (χ0v) is 10.8. The number of halogens is 1. The lowest BCUT2D eigenvalue weighted by atomic mass is 10.3. The summed E-state index contributed by atoms with van der Waals surface area (Å²) in [5.74, 6) is -0.676. The molecular formula is C12H13ClN2O3. The molecule has 1 amide bonds. The zero-order valence-electron chi connectivity index (χ0n) is 10.0. The summed E-state index contributed by atoms with van der Waals surface area (Å²) >= 11 is 5.66. The molecule has 1 heterocycles. The molecule has 0 radical (unpaired) electrons. The van der Waals surface area contributed by atoms with Crippen molar-refractivity contribution in [3.8, 4) is 0 Å². The molecule has 0 saturated heterocycles. The summed E-state index contributed by atoms with van der Waals surface area (Å²) in [5.41, 5.74) is 0. The Morgan fingerprint density at radius 1 is 1.50 bits per heavy atom. The van der Waals surface area contributed by atoms with Crippen molar-refractivity contribution in [3.63, 3.8) is 0 Å². The van der Waals surface area contributed by atoms with Gasteiger partial charge in [-0.3, -0.25) is 4.79 Å². The Labute approximate surface area is 110 Å². The monoisotopic (exact) mass is 268 g/mol. The molecule has 0 aliphatic carbocycles. The van der Waals surface area contributed by atoms with Crippen LogP contribution < -0.4 is 5.32 Å². The van der Waals surface area contributed by atoms with Crippen LogP contribution in [0.4, 0.5) is 5.82 Å². The molecule has 1 atom stereocenters. The van der Waals surface area contributed by atoms with Crippen LogP contribution in [0.3, 0.4) is 0 Å². The Hall–Kier alpha value is -1.88. The van der Waals surface area contributed by atoms with Gasteiger partial charge in [-0.25, -0.2) is 9.78 Å². The van der Waals surface area contributed by atoms with Gasteiger partial charge >= 0.3 is 5.97 Å². The number of aromatic nitrogens is 1. The van der Waals surface area contributed by atoms with Crippen molar-refractivity contribution < 1.29 is 14.3 Å². The van der Waals surface area contributed by atoms with Gasteiger partial charge in [-0.1, -0.05) is 17.7 Å². The number of pyridine rings is 1. The third-order valence-electron chi connectivity index (χ3n) is 1.94. The van der Waals surface area contributed by atoms with Crippen LogP contribution in [0.1, 0.15) is 13.8 Å². The maximum Gasteiger partial charge on any atom is 0.331 e. The molecule has 0 unspecified atom stereocenters. The molecule has 5 nitrogen and oxygen atoms in total. The number of hydrogen-bond donors (Lipinski definition) is 1. The van der Waals surface area contributed by atoms with Gasteiger partial charge in [0.15, 0.2) is 6.10 Å². The Bertz CT molecular complexity index is 457. The van der Waals surface area contributed by atoms with E-state index in [1.807, 2.05) is 0 Å². The molecule has 0 bridgehead atoms. The summed E-state index contributed by atoms with van der Waals surface area (Å²) in [4.78, 5) is 26.7. The number of ether oxygens (including phenoxy) is 1. The highest BCUT2D eigenvalue weighted by atomic mass is 35.5. The van der Waals surface area contributed by atoms with Crippen molar-refractivity contribution in [2.24, 2.45) is 0 Å². The second-order valence-electron chi connectivity index (χ2n) is 3.43. The van der Waals surface area contributed by atoms with Crippen molar-refractivity contribution in [2.45, 2.75) is 20.0 Å². The predicted octanol–water partition coefficient (Wildman–Crippen LogP) is 2.18. The van der Waals surface area contributed by atoms with Gasteiger partial charge in [0.2, 0.25) is 0 Å². The smallest absolute Gasteiger partial charge is 0.331 e. The third-order valence-corrected chi connectivity index (χ3v) is 2.17. The summed E-state index contributed by atoms with van der Waals surface area (Å²) in [6.45, 7) is 3.16. The van der Waals surface area contributed by atoms with Crippen LogP contribution in [-0.4, -0.2) is 23.0 Å². The summed E-state index contributed by atoms with van der Waals surface area (Å²) in [7, 11) is 0. The summed E-state index contributed by atoms with van der Waals surface area (Å²) in [6.07, 6.45) is 3.29. The number of carbonyl (C=O) groups excluding carboxylic acids is 2. The van der Waals surface area contributed by atoms with Crippen LogP contribution in [0.15, 0.2) is 30.5 Å². The second kappa shape index (κ2) is 6.76. The summed E-state index contributed by atoms with van der Waals surface area (Å²) in [5, 5.41) is 2.98. The van der Waals surface area contributed by atoms with Gasteiger partial charge in [0.1, 0.15) is 5.82 Å². The molecule has 0 fully saturated rings. The first-order valence-corrected chi connectivity index (χ1v) is 5.66. The lowest BCUT2D eigenvalue weighted by Crippen LogP contribution is -2.29. The van der Waals surface area contributed by atoms with E-state index in [4.69, 9.17) is 16.3 Å².